The third-order valence-corrected chi connectivity index (χ3v) is 2.93. The van der Waals surface area contributed by atoms with E-state index in [-0.39, 0.29) is 0 Å². The number of fused-ring (bicyclic) bond motifs is 1. The van der Waals surface area contributed by atoms with E-state index < -0.39 is 0 Å². The van der Waals surface area contributed by atoms with E-state index in [2.05, 4.69) is 27.1 Å². The number of nitrogens with one attached hydrogen (secondary N) is 1. The minimum atomic E-state index is 0.519. The maximum atomic E-state index is 5.88. The number of nitrogen functional groups attached to an aromatic ring is 1. The Morgan fingerprint density at radius 1 is 1.12 bits per heavy atom. The third kappa shape index (κ3) is 1.45. The summed E-state index contributed by atoms with van der Waals surface area (Å²) in [6.45, 7) is 2.03. The number of aromatic amines is 1. The molecule has 4 nitrogen and oxygen atoms in total. The predicted octanol–water partition coefficient (Wildman–Crippen LogP) is 2.52. The van der Waals surface area contributed by atoms with Gasteiger partial charge in [-0.3, -0.25) is 0 Å². The van der Waals surface area contributed by atoms with Crippen LogP contribution in [-0.2, 0) is 0 Å². The van der Waals surface area contributed by atoms with Crippen LogP contribution >= 0.6 is 0 Å². The zero-order chi connectivity index (χ0) is 11.8. The van der Waals surface area contributed by atoms with Crippen molar-refractivity contribution >= 4 is 16.9 Å². The van der Waals surface area contributed by atoms with Crippen molar-refractivity contribution in [1.29, 1.82) is 0 Å². The average Bonchev–Trinajstić information content (AvgIpc) is 2.69. The number of anilines is 1. The van der Waals surface area contributed by atoms with Crippen LogP contribution in [0.5, 0.6) is 0 Å². The highest BCUT2D eigenvalue weighted by Gasteiger charge is 2.12. The van der Waals surface area contributed by atoms with E-state index in [4.69, 9.17) is 5.73 Å². The van der Waals surface area contributed by atoms with Crippen molar-refractivity contribution in [2.24, 2.45) is 0 Å². The van der Waals surface area contributed by atoms with Crippen LogP contribution in [0.1, 0.15) is 5.56 Å². The summed E-state index contributed by atoms with van der Waals surface area (Å²) in [5.41, 5.74) is 9.93. The molecule has 0 radical (unpaired) electrons. The summed E-state index contributed by atoms with van der Waals surface area (Å²) in [4.78, 5) is 11.5. The van der Waals surface area contributed by atoms with Crippen LogP contribution in [0, 0.1) is 6.92 Å². The van der Waals surface area contributed by atoms with Crippen molar-refractivity contribution in [2.45, 2.75) is 6.92 Å². The summed E-state index contributed by atoms with van der Waals surface area (Å²) in [6, 6.07) is 10.1. The smallest absolute Gasteiger partial charge is 0.143 e. The molecule has 0 saturated heterocycles. The van der Waals surface area contributed by atoms with Gasteiger partial charge in [-0.1, -0.05) is 30.3 Å². The van der Waals surface area contributed by atoms with Crippen LogP contribution in [0.3, 0.4) is 0 Å². The summed E-state index contributed by atoms with van der Waals surface area (Å²) in [5.74, 6) is 0.519. The average molecular weight is 224 g/mol. The molecule has 0 aliphatic heterocycles. The summed E-state index contributed by atoms with van der Waals surface area (Å²) in [5, 5.41) is 0.909. The van der Waals surface area contributed by atoms with Crippen LogP contribution in [0.15, 0.2) is 36.7 Å². The van der Waals surface area contributed by atoms with Crippen molar-refractivity contribution < 1.29 is 0 Å². The molecule has 4 heteroatoms. The van der Waals surface area contributed by atoms with E-state index in [1.807, 2.05) is 25.1 Å². The minimum absolute atomic E-state index is 0.519. The van der Waals surface area contributed by atoms with Crippen LogP contribution in [-0.4, -0.2) is 15.0 Å². The van der Waals surface area contributed by atoms with Crippen LogP contribution in [0.25, 0.3) is 22.3 Å². The summed E-state index contributed by atoms with van der Waals surface area (Å²) in [7, 11) is 0. The molecule has 2 heterocycles. The van der Waals surface area contributed by atoms with Crippen molar-refractivity contribution in [2.75, 3.05) is 5.73 Å². The Balaban J connectivity index is 2.33. The molecule has 17 heavy (non-hydrogen) atoms. The number of benzene rings is 1. The Kier molecular flexibility index (Phi) is 2.08. The van der Waals surface area contributed by atoms with E-state index in [0.29, 0.717) is 5.82 Å². The number of H-pyrrole nitrogens is 1. The highest BCUT2D eigenvalue weighted by atomic mass is 15.0. The Morgan fingerprint density at radius 2 is 1.88 bits per heavy atom. The lowest BCUT2D eigenvalue weighted by atomic mass is 10.1. The van der Waals surface area contributed by atoms with Crippen molar-refractivity contribution in [3.05, 3.63) is 42.2 Å². The predicted molar refractivity (Wildman–Crippen MR) is 68.5 cm³/mol. The first-order valence-corrected chi connectivity index (χ1v) is 5.41. The highest BCUT2D eigenvalue weighted by Crippen LogP contribution is 2.30. The standard InChI is InChI=1S/C13H12N4/c1-8-10-12(14)15-7-16-13(10)17-11(8)9-5-3-2-4-6-9/h2-7H,1H3,(H3,14,15,16,17). The van der Waals surface area contributed by atoms with Gasteiger partial charge in [-0.25, -0.2) is 9.97 Å². The molecule has 0 aliphatic rings. The highest BCUT2D eigenvalue weighted by molar-refractivity contribution is 5.94. The van der Waals surface area contributed by atoms with Crippen LogP contribution in [0.2, 0.25) is 0 Å². The molecule has 0 unspecified atom stereocenters. The SMILES string of the molecule is Cc1c(-c2ccccc2)[nH]c2ncnc(N)c12. The van der Waals surface area contributed by atoms with Gasteiger partial charge in [0.05, 0.1) is 11.1 Å². The first-order chi connectivity index (χ1) is 8.27. The molecule has 3 rings (SSSR count). The Hall–Kier alpha value is -2.36. The maximum absolute atomic E-state index is 5.88. The number of nitrogens with zero attached hydrogens (tertiary/aromatic N) is 2. The molecule has 0 aliphatic carbocycles. The zero-order valence-corrected chi connectivity index (χ0v) is 9.44. The molecular formula is C13H12N4. The molecule has 0 amide bonds. The summed E-state index contributed by atoms with van der Waals surface area (Å²) in [6.07, 6.45) is 1.47. The molecule has 0 saturated carbocycles. The van der Waals surface area contributed by atoms with Gasteiger partial charge in [-0.2, -0.15) is 0 Å². The van der Waals surface area contributed by atoms with Crippen LogP contribution < -0.4 is 5.73 Å². The van der Waals surface area contributed by atoms with Gasteiger partial charge in [0.15, 0.2) is 0 Å². The molecule has 2 aromatic heterocycles. The number of aromatic nitrogens is 3. The lowest BCUT2D eigenvalue weighted by molar-refractivity contribution is 1.21. The van der Waals surface area contributed by atoms with E-state index >= 15 is 0 Å². The van der Waals surface area contributed by atoms with E-state index in [9.17, 15) is 0 Å². The molecule has 3 N–H and O–H groups in total. The lowest BCUT2D eigenvalue weighted by Gasteiger charge is -1.99. The first kappa shape index (κ1) is 9.84. The summed E-state index contributed by atoms with van der Waals surface area (Å²) >= 11 is 0. The lowest BCUT2D eigenvalue weighted by Crippen LogP contribution is -1.91. The second kappa shape index (κ2) is 3.59. The monoisotopic (exact) mass is 224 g/mol. The van der Waals surface area contributed by atoms with Gasteiger partial charge in [-0.15, -0.1) is 0 Å². The maximum Gasteiger partial charge on any atom is 0.143 e. The molecule has 0 spiro atoms. The van der Waals surface area contributed by atoms with Gasteiger partial charge in [0.1, 0.15) is 17.8 Å². The second-order valence-corrected chi connectivity index (χ2v) is 3.97. The van der Waals surface area contributed by atoms with Crippen molar-refractivity contribution in [3.63, 3.8) is 0 Å². The van der Waals surface area contributed by atoms with Gasteiger partial charge < -0.3 is 10.7 Å². The Bertz CT molecular complexity index is 670. The normalized spacial score (nSPS) is 10.9. The van der Waals surface area contributed by atoms with Crippen molar-refractivity contribution in [1.82, 2.24) is 15.0 Å². The quantitative estimate of drug-likeness (QED) is 0.667. The molecular weight excluding hydrogens is 212 g/mol. The fourth-order valence-electron chi connectivity index (χ4n) is 2.09. The Morgan fingerprint density at radius 3 is 2.59 bits per heavy atom. The van der Waals surface area contributed by atoms with Crippen molar-refractivity contribution in [3.8, 4) is 11.3 Å². The molecule has 0 bridgehead atoms. The van der Waals surface area contributed by atoms with E-state index in [1.54, 1.807) is 0 Å². The van der Waals surface area contributed by atoms with Crippen LogP contribution in [0.4, 0.5) is 5.82 Å². The zero-order valence-electron chi connectivity index (χ0n) is 9.44. The molecule has 84 valence electrons. The fourth-order valence-corrected chi connectivity index (χ4v) is 2.09. The molecule has 3 aromatic rings. The molecule has 0 fully saturated rings. The van der Waals surface area contributed by atoms with Gasteiger partial charge in [0, 0.05) is 0 Å². The van der Waals surface area contributed by atoms with Gasteiger partial charge in [-0.05, 0) is 18.1 Å². The fraction of sp³-hybridized carbons (Fsp3) is 0.0769. The number of rotatable bonds is 1. The third-order valence-electron chi connectivity index (χ3n) is 2.93. The first-order valence-electron chi connectivity index (χ1n) is 5.41. The van der Waals surface area contributed by atoms with Gasteiger partial charge >= 0.3 is 0 Å². The summed E-state index contributed by atoms with van der Waals surface area (Å²) < 4.78 is 0. The van der Waals surface area contributed by atoms with Gasteiger partial charge in [0.2, 0.25) is 0 Å². The number of hydrogen-bond donors (Lipinski definition) is 2. The van der Waals surface area contributed by atoms with Gasteiger partial charge in [0.25, 0.3) is 0 Å². The second-order valence-electron chi connectivity index (χ2n) is 3.97. The molecule has 0 atom stereocenters. The van der Waals surface area contributed by atoms with E-state index in [1.165, 1.54) is 6.33 Å². The number of aryl methyl sites for hydroxylation is 1. The largest absolute Gasteiger partial charge is 0.383 e. The van der Waals surface area contributed by atoms with E-state index in [0.717, 1.165) is 27.9 Å². The minimum Gasteiger partial charge on any atom is -0.383 e. The Labute approximate surface area is 98.5 Å². The topological polar surface area (TPSA) is 67.6 Å². The number of hydrogen-bond acceptors (Lipinski definition) is 3. The number of nitrogens with two attached hydrogens (primary N) is 1. The molecule has 1 aromatic carbocycles.